The SMILES string of the molecule is COC(=O)NC(=O)CN1CCC[C@@H]1c1ccc2c(c1)OCCCO2. The number of amides is 2. The number of benzene rings is 1. The monoisotopic (exact) mass is 334 g/mol. The number of ether oxygens (including phenoxy) is 3. The molecule has 7 nitrogen and oxygen atoms in total. The normalized spacial score (nSPS) is 20.3. The summed E-state index contributed by atoms with van der Waals surface area (Å²) in [6, 6.07) is 6.09. The highest BCUT2D eigenvalue weighted by Gasteiger charge is 2.29. The highest BCUT2D eigenvalue weighted by atomic mass is 16.5. The number of imide groups is 1. The van der Waals surface area contributed by atoms with E-state index in [1.807, 2.05) is 18.2 Å². The van der Waals surface area contributed by atoms with Crippen molar-refractivity contribution in [3.8, 4) is 11.5 Å². The molecule has 0 unspecified atom stereocenters. The van der Waals surface area contributed by atoms with E-state index in [1.54, 1.807) is 0 Å². The Morgan fingerprint density at radius 1 is 1.25 bits per heavy atom. The summed E-state index contributed by atoms with van der Waals surface area (Å²) in [5, 5.41) is 2.20. The second kappa shape index (κ2) is 7.53. The summed E-state index contributed by atoms with van der Waals surface area (Å²) in [4.78, 5) is 25.1. The first-order chi connectivity index (χ1) is 11.7. The van der Waals surface area contributed by atoms with Gasteiger partial charge in [-0.2, -0.15) is 0 Å². The molecule has 1 fully saturated rings. The van der Waals surface area contributed by atoms with E-state index in [4.69, 9.17) is 9.47 Å². The number of likely N-dealkylation sites (tertiary alicyclic amines) is 1. The number of hydrogen-bond acceptors (Lipinski definition) is 6. The van der Waals surface area contributed by atoms with E-state index < -0.39 is 6.09 Å². The summed E-state index contributed by atoms with van der Waals surface area (Å²) in [7, 11) is 1.24. The van der Waals surface area contributed by atoms with E-state index >= 15 is 0 Å². The maximum atomic E-state index is 11.9. The van der Waals surface area contributed by atoms with Crippen LogP contribution < -0.4 is 14.8 Å². The van der Waals surface area contributed by atoms with Crippen LogP contribution in [0.15, 0.2) is 18.2 Å². The van der Waals surface area contributed by atoms with Gasteiger partial charge in [0.15, 0.2) is 11.5 Å². The maximum absolute atomic E-state index is 11.9. The van der Waals surface area contributed by atoms with Crippen LogP contribution in [0, 0.1) is 0 Å². The number of carbonyl (C=O) groups is 2. The van der Waals surface area contributed by atoms with Crippen LogP contribution in [0.2, 0.25) is 0 Å². The van der Waals surface area contributed by atoms with Crippen LogP contribution in [0.5, 0.6) is 11.5 Å². The Bertz CT molecular complexity index is 619. The van der Waals surface area contributed by atoms with Crippen molar-refractivity contribution in [2.75, 3.05) is 33.4 Å². The van der Waals surface area contributed by atoms with Crippen LogP contribution in [-0.4, -0.2) is 50.3 Å². The zero-order chi connectivity index (χ0) is 16.9. The fourth-order valence-corrected chi connectivity index (χ4v) is 3.17. The van der Waals surface area contributed by atoms with Crippen molar-refractivity contribution in [2.24, 2.45) is 0 Å². The summed E-state index contributed by atoms with van der Waals surface area (Å²) in [6.45, 7) is 2.28. The summed E-state index contributed by atoms with van der Waals surface area (Å²) in [5.74, 6) is 1.17. The van der Waals surface area contributed by atoms with Crippen molar-refractivity contribution in [2.45, 2.75) is 25.3 Å². The van der Waals surface area contributed by atoms with Gasteiger partial charge in [0.05, 0.1) is 26.9 Å². The van der Waals surface area contributed by atoms with Crippen molar-refractivity contribution in [3.63, 3.8) is 0 Å². The Balaban J connectivity index is 1.70. The van der Waals surface area contributed by atoms with Crippen LogP contribution in [0.1, 0.15) is 30.9 Å². The number of fused-ring (bicyclic) bond motifs is 1. The van der Waals surface area contributed by atoms with E-state index in [0.29, 0.717) is 13.2 Å². The number of methoxy groups -OCH3 is 1. The van der Waals surface area contributed by atoms with Gasteiger partial charge in [-0.15, -0.1) is 0 Å². The first-order valence-corrected chi connectivity index (χ1v) is 8.19. The third kappa shape index (κ3) is 3.79. The van der Waals surface area contributed by atoms with Crippen molar-refractivity contribution in [1.82, 2.24) is 10.2 Å². The molecule has 2 amide bonds. The number of nitrogens with zero attached hydrogens (tertiary/aromatic N) is 1. The third-order valence-corrected chi connectivity index (χ3v) is 4.29. The molecule has 1 aromatic carbocycles. The Kier molecular flexibility index (Phi) is 5.20. The second-order valence-corrected chi connectivity index (χ2v) is 5.92. The lowest BCUT2D eigenvalue weighted by atomic mass is 10.0. The standard InChI is InChI=1S/C17H22N2O5/c1-22-17(21)18-16(20)11-19-7-2-4-13(19)12-5-6-14-15(10-12)24-9-3-8-23-14/h5-6,10,13H,2-4,7-9,11H2,1H3,(H,18,20,21)/t13-/m1/s1. The minimum atomic E-state index is -0.730. The van der Waals surface area contributed by atoms with Crippen molar-refractivity contribution in [3.05, 3.63) is 23.8 Å². The molecule has 1 aromatic rings. The average molecular weight is 334 g/mol. The Hall–Kier alpha value is -2.28. The minimum Gasteiger partial charge on any atom is -0.490 e. The first-order valence-electron chi connectivity index (χ1n) is 8.19. The van der Waals surface area contributed by atoms with Gasteiger partial charge in [0.1, 0.15) is 0 Å². The van der Waals surface area contributed by atoms with E-state index in [0.717, 1.165) is 42.9 Å². The molecule has 0 bridgehead atoms. The van der Waals surface area contributed by atoms with Gasteiger partial charge in [0.2, 0.25) is 5.91 Å². The molecule has 0 radical (unpaired) electrons. The van der Waals surface area contributed by atoms with Gasteiger partial charge in [-0.05, 0) is 37.1 Å². The van der Waals surface area contributed by atoms with Crippen LogP contribution in [0.4, 0.5) is 4.79 Å². The average Bonchev–Trinajstić information content (AvgIpc) is 2.90. The molecule has 1 saturated heterocycles. The van der Waals surface area contributed by atoms with E-state index in [9.17, 15) is 9.59 Å². The predicted molar refractivity (Wildman–Crippen MR) is 86.1 cm³/mol. The zero-order valence-electron chi connectivity index (χ0n) is 13.7. The minimum absolute atomic E-state index is 0.130. The van der Waals surface area contributed by atoms with Gasteiger partial charge < -0.3 is 14.2 Å². The molecule has 2 aliphatic rings. The van der Waals surface area contributed by atoms with Gasteiger partial charge >= 0.3 is 6.09 Å². The largest absolute Gasteiger partial charge is 0.490 e. The lowest BCUT2D eigenvalue weighted by Crippen LogP contribution is -2.39. The molecule has 0 aromatic heterocycles. The highest BCUT2D eigenvalue weighted by Crippen LogP contribution is 2.37. The fraction of sp³-hybridized carbons (Fsp3) is 0.529. The maximum Gasteiger partial charge on any atom is 0.413 e. The molecule has 24 heavy (non-hydrogen) atoms. The molecule has 2 heterocycles. The lowest BCUT2D eigenvalue weighted by Gasteiger charge is -2.24. The molecule has 2 aliphatic heterocycles. The summed E-state index contributed by atoms with van der Waals surface area (Å²) in [5.41, 5.74) is 1.10. The number of rotatable bonds is 3. The second-order valence-electron chi connectivity index (χ2n) is 5.92. The number of alkyl carbamates (subject to hydrolysis) is 1. The molecule has 3 rings (SSSR count). The van der Waals surface area contributed by atoms with Crippen molar-refractivity contribution in [1.29, 1.82) is 0 Å². The molecular formula is C17H22N2O5. The summed E-state index contributed by atoms with van der Waals surface area (Å²) in [6.07, 6.45) is 2.11. The Morgan fingerprint density at radius 3 is 2.83 bits per heavy atom. The molecule has 0 spiro atoms. The van der Waals surface area contributed by atoms with Crippen LogP contribution in [0.3, 0.4) is 0 Å². The smallest absolute Gasteiger partial charge is 0.413 e. The molecule has 0 aliphatic carbocycles. The number of nitrogens with one attached hydrogen (secondary N) is 1. The molecule has 7 heteroatoms. The van der Waals surface area contributed by atoms with E-state index in [1.165, 1.54) is 7.11 Å². The van der Waals surface area contributed by atoms with Gasteiger partial charge in [-0.3, -0.25) is 15.0 Å². The van der Waals surface area contributed by atoms with Crippen molar-refractivity contribution >= 4 is 12.0 Å². The van der Waals surface area contributed by atoms with Gasteiger partial charge in [0, 0.05) is 12.5 Å². The quantitative estimate of drug-likeness (QED) is 0.909. The number of hydrogen-bond donors (Lipinski definition) is 1. The Morgan fingerprint density at radius 2 is 2.04 bits per heavy atom. The van der Waals surface area contributed by atoms with E-state index in [-0.39, 0.29) is 18.5 Å². The molecule has 1 N–H and O–H groups in total. The lowest BCUT2D eigenvalue weighted by molar-refractivity contribution is -0.121. The molecule has 130 valence electrons. The highest BCUT2D eigenvalue weighted by molar-refractivity contribution is 5.92. The molecular weight excluding hydrogens is 312 g/mol. The fourth-order valence-electron chi connectivity index (χ4n) is 3.17. The summed E-state index contributed by atoms with van der Waals surface area (Å²) < 4.78 is 15.9. The van der Waals surface area contributed by atoms with Crippen LogP contribution in [0.25, 0.3) is 0 Å². The number of carbonyl (C=O) groups excluding carboxylic acids is 2. The predicted octanol–water partition coefficient (Wildman–Crippen LogP) is 1.87. The topological polar surface area (TPSA) is 77.1 Å². The first kappa shape index (κ1) is 16.6. The van der Waals surface area contributed by atoms with Crippen LogP contribution in [-0.2, 0) is 9.53 Å². The van der Waals surface area contributed by atoms with Gasteiger partial charge in [0.25, 0.3) is 0 Å². The van der Waals surface area contributed by atoms with Gasteiger partial charge in [-0.25, -0.2) is 4.79 Å². The molecule has 1 atom stereocenters. The Labute approximate surface area is 140 Å². The van der Waals surface area contributed by atoms with Crippen LogP contribution >= 0.6 is 0 Å². The zero-order valence-corrected chi connectivity index (χ0v) is 13.7. The van der Waals surface area contributed by atoms with Crippen molar-refractivity contribution < 1.29 is 23.8 Å². The third-order valence-electron chi connectivity index (χ3n) is 4.29. The summed E-state index contributed by atoms with van der Waals surface area (Å²) >= 11 is 0. The molecule has 0 saturated carbocycles. The van der Waals surface area contributed by atoms with Gasteiger partial charge in [-0.1, -0.05) is 6.07 Å². The van der Waals surface area contributed by atoms with E-state index in [2.05, 4.69) is 15.0 Å².